The van der Waals surface area contributed by atoms with Gasteiger partial charge in [0.1, 0.15) is 0 Å². The average molecular weight is 207 g/mol. The fourth-order valence-corrected chi connectivity index (χ4v) is 1.50. The van der Waals surface area contributed by atoms with E-state index in [1.807, 2.05) is 18.2 Å². The summed E-state index contributed by atoms with van der Waals surface area (Å²) in [6.45, 7) is 0.662. The van der Waals surface area contributed by atoms with Crippen LogP contribution in [0.15, 0.2) is 18.2 Å². The first kappa shape index (κ1) is 10.3. The number of hydrogen-bond donors (Lipinski definition) is 1. The molecule has 1 saturated carbocycles. The van der Waals surface area contributed by atoms with Crippen molar-refractivity contribution in [2.24, 2.45) is 5.73 Å². The third-order valence-electron chi connectivity index (χ3n) is 2.48. The van der Waals surface area contributed by atoms with E-state index in [-0.39, 0.29) is 0 Å². The van der Waals surface area contributed by atoms with Gasteiger partial charge in [-0.25, -0.2) is 0 Å². The molecule has 1 fully saturated rings. The van der Waals surface area contributed by atoms with Gasteiger partial charge in [0.15, 0.2) is 11.5 Å². The fraction of sp³-hybridized carbons (Fsp3) is 0.500. The van der Waals surface area contributed by atoms with E-state index in [9.17, 15) is 0 Å². The summed E-state index contributed by atoms with van der Waals surface area (Å²) in [7, 11) is 1.66. The minimum atomic E-state index is 0.395. The Hall–Kier alpha value is -1.22. The second-order valence-corrected chi connectivity index (χ2v) is 3.84. The topological polar surface area (TPSA) is 44.5 Å². The highest BCUT2D eigenvalue weighted by atomic mass is 16.5. The molecule has 0 heterocycles. The molecule has 1 aromatic carbocycles. The van der Waals surface area contributed by atoms with Crippen LogP contribution >= 0.6 is 0 Å². The number of benzene rings is 1. The lowest BCUT2D eigenvalue weighted by Gasteiger charge is -2.11. The van der Waals surface area contributed by atoms with Crippen molar-refractivity contribution in [1.82, 2.24) is 0 Å². The van der Waals surface area contributed by atoms with Crippen LogP contribution in [0.2, 0.25) is 0 Å². The average Bonchev–Trinajstić information content (AvgIpc) is 3.03. The molecule has 1 aliphatic rings. The summed E-state index contributed by atoms with van der Waals surface area (Å²) in [6, 6.07) is 6.01. The second-order valence-electron chi connectivity index (χ2n) is 3.84. The lowest BCUT2D eigenvalue weighted by Crippen LogP contribution is -2.04. The Morgan fingerprint density at radius 2 is 2.13 bits per heavy atom. The summed E-state index contributed by atoms with van der Waals surface area (Å²) in [6.07, 6.45) is 3.59. The van der Waals surface area contributed by atoms with Gasteiger partial charge in [-0.05, 0) is 43.5 Å². The Morgan fingerprint density at radius 1 is 1.33 bits per heavy atom. The molecule has 0 aliphatic heterocycles. The molecule has 0 unspecified atom stereocenters. The summed E-state index contributed by atoms with van der Waals surface area (Å²) >= 11 is 0. The van der Waals surface area contributed by atoms with E-state index in [1.54, 1.807) is 7.11 Å². The van der Waals surface area contributed by atoms with E-state index < -0.39 is 0 Å². The minimum absolute atomic E-state index is 0.395. The summed E-state index contributed by atoms with van der Waals surface area (Å²) in [4.78, 5) is 0. The molecule has 1 aliphatic carbocycles. The van der Waals surface area contributed by atoms with Gasteiger partial charge in [-0.15, -0.1) is 0 Å². The van der Waals surface area contributed by atoms with Crippen molar-refractivity contribution in [1.29, 1.82) is 0 Å². The normalized spacial score (nSPS) is 15.1. The molecule has 0 atom stereocenters. The molecule has 3 nitrogen and oxygen atoms in total. The van der Waals surface area contributed by atoms with Crippen molar-refractivity contribution in [3.63, 3.8) is 0 Å². The first-order valence-corrected chi connectivity index (χ1v) is 5.37. The smallest absolute Gasteiger partial charge is 0.161 e. The van der Waals surface area contributed by atoms with E-state index in [0.29, 0.717) is 12.6 Å². The second kappa shape index (κ2) is 4.53. The van der Waals surface area contributed by atoms with E-state index in [1.165, 1.54) is 5.56 Å². The number of rotatable bonds is 5. The highest BCUT2D eigenvalue weighted by Crippen LogP contribution is 2.34. The monoisotopic (exact) mass is 207 g/mol. The van der Waals surface area contributed by atoms with Crippen molar-refractivity contribution in [2.75, 3.05) is 13.7 Å². The lowest BCUT2D eigenvalue weighted by atomic mass is 10.1. The van der Waals surface area contributed by atoms with Crippen molar-refractivity contribution in [3.05, 3.63) is 23.8 Å². The van der Waals surface area contributed by atoms with Gasteiger partial charge in [0.25, 0.3) is 0 Å². The van der Waals surface area contributed by atoms with E-state index in [4.69, 9.17) is 15.2 Å². The molecule has 1 aromatic rings. The largest absolute Gasteiger partial charge is 0.493 e. The Labute approximate surface area is 90.2 Å². The number of methoxy groups -OCH3 is 1. The third-order valence-corrected chi connectivity index (χ3v) is 2.48. The van der Waals surface area contributed by atoms with Gasteiger partial charge < -0.3 is 15.2 Å². The number of ether oxygens (including phenoxy) is 2. The molecular weight excluding hydrogens is 190 g/mol. The van der Waals surface area contributed by atoms with Gasteiger partial charge in [0.05, 0.1) is 13.2 Å². The van der Waals surface area contributed by atoms with Crippen LogP contribution in [-0.4, -0.2) is 19.8 Å². The molecule has 0 saturated heterocycles. The molecule has 3 heteroatoms. The molecule has 82 valence electrons. The van der Waals surface area contributed by atoms with Crippen molar-refractivity contribution < 1.29 is 9.47 Å². The van der Waals surface area contributed by atoms with Crippen LogP contribution in [0.4, 0.5) is 0 Å². The third kappa shape index (κ3) is 2.63. The first-order valence-electron chi connectivity index (χ1n) is 5.37. The maximum absolute atomic E-state index is 5.77. The molecular formula is C12H17NO2. The van der Waals surface area contributed by atoms with Gasteiger partial charge in [-0.1, -0.05) is 6.07 Å². The van der Waals surface area contributed by atoms with Gasteiger partial charge in [0, 0.05) is 0 Å². The Morgan fingerprint density at radius 3 is 2.73 bits per heavy atom. The zero-order chi connectivity index (χ0) is 10.7. The summed E-state index contributed by atoms with van der Waals surface area (Å²) in [5.41, 5.74) is 6.73. The summed E-state index contributed by atoms with van der Waals surface area (Å²) < 4.78 is 11.0. The maximum Gasteiger partial charge on any atom is 0.161 e. The lowest BCUT2D eigenvalue weighted by molar-refractivity contribution is 0.282. The van der Waals surface area contributed by atoms with Crippen LogP contribution in [0, 0.1) is 0 Å². The van der Waals surface area contributed by atoms with E-state index in [0.717, 1.165) is 30.8 Å². The zero-order valence-electron chi connectivity index (χ0n) is 9.03. The molecule has 15 heavy (non-hydrogen) atoms. The molecule has 0 amide bonds. The zero-order valence-corrected chi connectivity index (χ0v) is 9.03. The quantitative estimate of drug-likeness (QED) is 0.799. The number of hydrogen-bond acceptors (Lipinski definition) is 3. The molecule has 2 N–H and O–H groups in total. The standard InChI is InChI=1S/C12H17NO2/c1-14-11-5-2-9(6-7-13)8-12(11)15-10-3-4-10/h2,5,8,10H,3-4,6-7,13H2,1H3. The fourth-order valence-electron chi connectivity index (χ4n) is 1.50. The van der Waals surface area contributed by atoms with Crippen molar-refractivity contribution >= 4 is 0 Å². The molecule has 0 spiro atoms. The van der Waals surface area contributed by atoms with Crippen molar-refractivity contribution in [2.45, 2.75) is 25.4 Å². The maximum atomic E-state index is 5.77. The van der Waals surface area contributed by atoms with Gasteiger partial charge in [-0.3, -0.25) is 0 Å². The predicted octanol–water partition coefficient (Wildman–Crippen LogP) is 1.74. The van der Waals surface area contributed by atoms with Crippen LogP contribution in [0.25, 0.3) is 0 Å². The Bertz CT molecular complexity index is 334. The highest BCUT2D eigenvalue weighted by molar-refractivity contribution is 5.43. The van der Waals surface area contributed by atoms with Gasteiger partial charge >= 0.3 is 0 Å². The van der Waals surface area contributed by atoms with Crippen LogP contribution in [0.5, 0.6) is 11.5 Å². The molecule has 0 radical (unpaired) electrons. The van der Waals surface area contributed by atoms with Gasteiger partial charge in [0.2, 0.25) is 0 Å². The van der Waals surface area contributed by atoms with Crippen LogP contribution in [-0.2, 0) is 6.42 Å². The Kier molecular flexibility index (Phi) is 3.11. The SMILES string of the molecule is COc1ccc(CCN)cc1OC1CC1. The van der Waals surface area contributed by atoms with E-state index >= 15 is 0 Å². The van der Waals surface area contributed by atoms with Crippen LogP contribution in [0.1, 0.15) is 18.4 Å². The molecule has 0 aromatic heterocycles. The minimum Gasteiger partial charge on any atom is -0.493 e. The molecule has 2 rings (SSSR count). The Balaban J connectivity index is 2.16. The summed E-state index contributed by atoms with van der Waals surface area (Å²) in [5, 5.41) is 0. The van der Waals surface area contributed by atoms with E-state index in [2.05, 4.69) is 0 Å². The van der Waals surface area contributed by atoms with Crippen molar-refractivity contribution in [3.8, 4) is 11.5 Å². The first-order chi connectivity index (χ1) is 7.33. The molecule has 0 bridgehead atoms. The van der Waals surface area contributed by atoms with Gasteiger partial charge in [-0.2, -0.15) is 0 Å². The predicted molar refractivity (Wildman–Crippen MR) is 59.4 cm³/mol. The van der Waals surface area contributed by atoms with Crippen LogP contribution < -0.4 is 15.2 Å². The van der Waals surface area contributed by atoms with Crippen LogP contribution in [0.3, 0.4) is 0 Å². The summed E-state index contributed by atoms with van der Waals surface area (Å²) in [5.74, 6) is 1.66. The number of nitrogens with two attached hydrogens (primary N) is 1. The highest BCUT2D eigenvalue weighted by Gasteiger charge is 2.24.